The number of anilines is 2. The van der Waals surface area contributed by atoms with Crippen molar-refractivity contribution in [2.45, 2.75) is 6.61 Å². The van der Waals surface area contributed by atoms with E-state index in [0.29, 0.717) is 11.4 Å². The van der Waals surface area contributed by atoms with Gasteiger partial charge in [0.05, 0.1) is 11.6 Å². The number of carbonyl (C=O) groups is 1. The van der Waals surface area contributed by atoms with E-state index in [2.05, 4.69) is 15.4 Å². The number of halogens is 3. The molecule has 0 unspecified atom stereocenters. The maximum atomic E-state index is 12.3. The molecule has 1 amide bonds. The molecular weight excluding hydrogens is 386 g/mol. The van der Waals surface area contributed by atoms with Crippen LogP contribution < -0.4 is 15.4 Å². The lowest BCUT2D eigenvalue weighted by atomic mass is 10.0. The third kappa shape index (κ3) is 5.20. The average molecular weight is 403 g/mol. The number of benzene rings is 3. The van der Waals surface area contributed by atoms with Crippen molar-refractivity contribution in [3.63, 3.8) is 0 Å². The fraction of sp³-hybridized carbons (Fsp3) is 0.0952. The zero-order chi connectivity index (χ0) is 19.9. The van der Waals surface area contributed by atoms with Gasteiger partial charge in [-0.1, -0.05) is 60.1 Å². The Morgan fingerprint density at radius 3 is 2.43 bits per heavy atom. The second kappa shape index (κ2) is 9.19. The van der Waals surface area contributed by atoms with Crippen LogP contribution in [0.5, 0.6) is 5.75 Å². The number of hydrogen-bond acceptors (Lipinski definition) is 3. The SMILES string of the molecule is O=C(CNc1ccc(OC(F)F)c(Cl)c1)Nc1ccccc1-c1ccccc1. The van der Waals surface area contributed by atoms with Crippen LogP contribution in [-0.2, 0) is 4.79 Å². The average Bonchev–Trinajstić information content (AvgIpc) is 2.69. The minimum absolute atomic E-state index is 0.0193. The lowest BCUT2D eigenvalue weighted by Gasteiger charge is -2.13. The molecule has 7 heteroatoms. The first-order valence-electron chi connectivity index (χ1n) is 8.45. The first kappa shape index (κ1) is 19.6. The molecule has 0 atom stereocenters. The molecule has 0 heterocycles. The molecule has 0 saturated heterocycles. The fourth-order valence-electron chi connectivity index (χ4n) is 2.64. The summed E-state index contributed by atoms with van der Waals surface area (Å²) in [6.07, 6.45) is 0. The molecule has 0 saturated carbocycles. The first-order chi connectivity index (χ1) is 13.5. The van der Waals surface area contributed by atoms with Gasteiger partial charge in [0.15, 0.2) is 0 Å². The van der Waals surface area contributed by atoms with Crippen molar-refractivity contribution in [1.82, 2.24) is 0 Å². The smallest absolute Gasteiger partial charge is 0.387 e. The predicted molar refractivity (Wildman–Crippen MR) is 107 cm³/mol. The highest BCUT2D eigenvalue weighted by Gasteiger charge is 2.11. The Labute approximate surface area is 166 Å². The zero-order valence-electron chi connectivity index (χ0n) is 14.7. The molecule has 0 spiro atoms. The van der Waals surface area contributed by atoms with Gasteiger partial charge in [-0.2, -0.15) is 8.78 Å². The number of hydrogen-bond donors (Lipinski definition) is 2. The summed E-state index contributed by atoms with van der Waals surface area (Å²) in [6, 6.07) is 21.5. The van der Waals surface area contributed by atoms with Gasteiger partial charge >= 0.3 is 6.61 Å². The van der Waals surface area contributed by atoms with Crippen LogP contribution in [0.2, 0.25) is 5.02 Å². The van der Waals surface area contributed by atoms with Gasteiger partial charge in [0.1, 0.15) is 5.75 Å². The molecule has 28 heavy (non-hydrogen) atoms. The minimum Gasteiger partial charge on any atom is -0.433 e. The van der Waals surface area contributed by atoms with Gasteiger partial charge in [-0.3, -0.25) is 4.79 Å². The van der Waals surface area contributed by atoms with Crippen LogP contribution >= 0.6 is 11.6 Å². The zero-order valence-corrected chi connectivity index (χ0v) is 15.4. The number of nitrogens with one attached hydrogen (secondary N) is 2. The number of para-hydroxylation sites is 1. The molecule has 2 N–H and O–H groups in total. The third-order valence-electron chi connectivity index (χ3n) is 3.89. The summed E-state index contributed by atoms with van der Waals surface area (Å²) in [5.41, 5.74) is 3.11. The van der Waals surface area contributed by atoms with Crippen molar-refractivity contribution in [3.05, 3.63) is 77.8 Å². The van der Waals surface area contributed by atoms with Crippen LogP contribution in [0.15, 0.2) is 72.8 Å². The molecular formula is C21H17ClF2N2O2. The summed E-state index contributed by atoms with van der Waals surface area (Å²) < 4.78 is 28.8. The van der Waals surface area contributed by atoms with Crippen LogP contribution in [0, 0.1) is 0 Å². The summed E-state index contributed by atoms with van der Waals surface area (Å²) in [5.74, 6) is -0.379. The van der Waals surface area contributed by atoms with Crippen LogP contribution in [0.4, 0.5) is 20.2 Å². The van der Waals surface area contributed by atoms with Gasteiger partial charge in [0, 0.05) is 16.9 Å². The molecule has 3 aromatic rings. The molecule has 3 rings (SSSR count). The Bertz CT molecular complexity index is 952. The van der Waals surface area contributed by atoms with E-state index in [-0.39, 0.29) is 23.2 Å². The minimum atomic E-state index is -2.95. The third-order valence-corrected chi connectivity index (χ3v) is 4.18. The summed E-state index contributed by atoms with van der Waals surface area (Å²) in [4.78, 5) is 12.3. The van der Waals surface area contributed by atoms with E-state index in [0.717, 1.165) is 11.1 Å². The van der Waals surface area contributed by atoms with E-state index < -0.39 is 6.61 Å². The van der Waals surface area contributed by atoms with E-state index >= 15 is 0 Å². The number of alkyl halides is 2. The molecule has 0 aliphatic carbocycles. The second-order valence-electron chi connectivity index (χ2n) is 5.84. The molecule has 4 nitrogen and oxygen atoms in total. The second-order valence-corrected chi connectivity index (χ2v) is 6.24. The normalized spacial score (nSPS) is 10.6. The Morgan fingerprint density at radius 2 is 1.71 bits per heavy atom. The fourth-order valence-corrected chi connectivity index (χ4v) is 2.87. The van der Waals surface area contributed by atoms with Crippen molar-refractivity contribution in [1.29, 1.82) is 0 Å². The van der Waals surface area contributed by atoms with Gasteiger partial charge in [-0.05, 0) is 29.8 Å². The van der Waals surface area contributed by atoms with Crippen molar-refractivity contribution in [2.75, 3.05) is 17.2 Å². The Balaban J connectivity index is 1.64. The van der Waals surface area contributed by atoms with E-state index in [9.17, 15) is 13.6 Å². The van der Waals surface area contributed by atoms with Crippen molar-refractivity contribution >= 4 is 28.9 Å². The highest BCUT2D eigenvalue weighted by molar-refractivity contribution is 6.32. The monoisotopic (exact) mass is 402 g/mol. The van der Waals surface area contributed by atoms with E-state index in [1.165, 1.54) is 18.2 Å². The largest absolute Gasteiger partial charge is 0.433 e. The molecule has 144 valence electrons. The molecule has 0 aliphatic rings. The number of rotatable bonds is 7. The molecule has 0 fully saturated rings. The summed E-state index contributed by atoms with van der Waals surface area (Å²) >= 11 is 5.91. The summed E-state index contributed by atoms with van der Waals surface area (Å²) in [7, 11) is 0. The van der Waals surface area contributed by atoms with E-state index in [4.69, 9.17) is 11.6 Å². The molecule has 0 aromatic heterocycles. The van der Waals surface area contributed by atoms with Crippen LogP contribution in [0.25, 0.3) is 11.1 Å². The number of carbonyl (C=O) groups excluding carboxylic acids is 1. The molecule has 0 radical (unpaired) electrons. The summed E-state index contributed by atoms with van der Waals surface area (Å²) in [5, 5.41) is 5.81. The quantitative estimate of drug-likeness (QED) is 0.536. The van der Waals surface area contributed by atoms with Gasteiger partial charge in [-0.15, -0.1) is 0 Å². The number of amides is 1. The Kier molecular flexibility index (Phi) is 6.45. The summed E-state index contributed by atoms with van der Waals surface area (Å²) in [6.45, 7) is -2.97. The van der Waals surface area contributed by atoms with Gasteiger partial charge < -0.3 is 15.4 Å². The van der Waals surface area contributed by atoms with Crippen LogP contribution in [-0.4, -0.2) is 19.1 Å². The number of ether oxygens (including phenoxy) is 1. The van der Waals surface area contributed by atoms with Gasteiger partial charge in [0.25, 0.3) is 0 Å². The van der Waals surface area contributed by atoms with Crippen LogP contribution in [0.3, 0.4) is 0 Å². The van der Waals surface area contributed by atoms with Gasteiger partial charge in [-0.25, -0.2) is 0 Å². The lowest BCUT2D eigenvalue weighted by Crippen LogP contribution is -2.22. The van der Waals surface area contributed by atoms with Crippen molar-refractivity contribution < 1.29 is 18.3 Å². The predicted octanol–water partition coefficient (Wildman–Crippen LogP) is 5.66. The first-order valence-corrected chi connectivity index (χ1v) is 8.83. The lowest BCUT2D eigenvalue weighted by molar-refractivity contribution is -0.114. The van der Waals surface area contributed by atoms with Crippen molar-refractivity contribution in [3.8, 4) is 16.9 Å². The van der Waals surface area contributed by atoms with Crippen molar-refractivity contribution in [2.24, 2.45) is 0 Å². The molecule has 3 aromatic carbocycles. The van der Waals surface area contributed by atoms with E-state index in [1.807, 2.05) is 54.6 Å². The molecule has 0 bridgehead atoms. The maximum absolute atomic E-state index is 12.3. The van der Waals surface area contributed by atoms with E-state index in [1.54, 1.807) is 0 Å². The van der Waals surface area contributed by atoms with Gasteiger partial charge in [0.2, 0.25) is 5.91 Å². The molecule has 0 aliphatic heterocycles. The highest BCUT2D eigenvalue weighted by atomic mass is 35.5. The topological polar surface area (TPSA) is 50.4 Å². The maximum Gasteiger partial charge on any atom is 0.387 e. The Morgan fingerprint density at radius 1 is 1.00 bits per heavy atom. The Hall–Kier alpha value is -3.12. The standard InChI is InChI=1S/C21H17ClF2N2O2/c22-17-12-15(10-11-19(17)28-21(23)24)25-13-20(27)26-18-9-5-4-8-16(18)14-6-2-1-3-7-14/h1-12,21,25H,13H2,(H,26,27). The van der Waals surface area contributed by atoms with Crippen LogP contribution in [0.1, 0.15) is 0 Å². The highest BCUT2D eigenvalue weighted by Crippen LogP contribution is 2.29.